The summed E-state index contributed by atoms with van der Waals surface area (Å²) < 4.78 is 4.64. The fourth-order valence-corrected chi connectivity index (χ4v) is 1.81. The fourth-order valence-electron chi connectivity index (χ4n) is 0.990. The van der Waals surface area contributed by atoms with Gasteiger partial charge in [0, 0.05) is 6.92 Å². The number of hydrogen-bond acceptors (Lipinski definition) is 3. The average Bonchev–Trinajstić information content (AvgIpc) is 2.53. The summed E-state index contributed by atoms with van der Waals surface area (Å²) in [6.07, 6.45) is 0. The molecular weight excluding hydrogens is 196 g/mol. The molecule has 0 bridgehead atoms. The standard InChI is InChI=1S/C7H5ClN2OS/c1-3(11)5-2-4-6(8)12-10-7(4)9-5/h2H,1H3,(H,9,10). The number of ketones is 1. The zero-order chi connectivity index (χ0) is 8.72. The first kappa shape index (κ1) is 7.76. The topological polar surface area (TPSA) is 45.8 Å². The molecule has 0 unspecified atom stereocenters. The first-order chi connectivity index (χ1) is 5.68. The predicted octanol–water partition coefficient (Wildman–Crippen LogP) is 2.48. The van der Waals surface area contributed by atoms with Gasteiger partial charge >= 0.3 is 0 Å². The number of carbonyl (C=O) groups excluding carboxylic acids is 1. The van der Waals surface area contributed by atoms with Gasteiger partial charge in [0.2, 0.25) is 0 Å². The quantitative estimate of drug-likeness (QED) is 0.719. The van der Waals surface area contributed by atoms with E-state index in [-0.39, 0.29) is 5.78 Å². The Balaban J connectivity index is 2.70. The molecule has 0 aliphatic carbocycles. The molecule has 0 atom stereocenters. The van der Waals surface area contributed by atoms with Crippen molar-refractivity contribution in [2.75, 3.05) is 0 Å². The third-order valence-corrected chi connectivity index (χ3v) is 2.67. The van der Waals surface area contributed by atoms with E-state index in [0.29, 0.717) is 15.7 Å². The van der Waals surface area contributed by atoms with Gasteiger partial charge in [-0.05, 0) is 17.6 Å². The lowest BCUT2D eigenvalue weighted by Gasteiger charge is -1.83. The van der Waals surface area contributed by atoms with Crippen LogP contribution in [0.2, 0.25) is 4.34 Å². The van der Waals surface area contributed by atoms with Gasteiger partial charge in [-0.1, -0.05) is 11.6 Å². The van der Waals surface area contributed by atoms with E-state index in [0.717, 1.165) is 5.39 Å². The average molecular weight is 201 g/mol. The molecule has 0 saturated heterocycles. The Labute approximate surface area is 77.5 Å². The van der Waals surface area contributed by atoms with Crippen molar-refractivity contribution in [1.82, 2.24) is 9.36 Å². The summed E-state index contributed by atoms with van der Waals surface area (Å²) in [5.74, 6) is -0.00549. The maximum absolute atomic E-state index is 10.9. The van der Waals surface area contributed by atoms with Gasteiger partial charge in [-0.2, -0.15) is 4.37 Å². The van der Waals surface area contributed by atoms with Crippen LogP contribution in [0.15, 0.2) is 6.07 Å². The number of hydrogen-bond donors (Lipinski definition) is 1. The molecule has 2 aromatic heterocycles. The maximum Gasteiger partial charge on any atom is 0.176 e. The highest BCUT2D eigenvalue weighted by Gasteiger charge is 2.09. The van der Waals surface area contributed by atoms with Crippen molar-refractivity contribution in [3.63, 3.8) is 0 Å². The molecule has 0 saturated carbocycles. The molecule has 0 radical (unpaired) electrons. The van der Waals surface area contributed by atoms with E-state index in [1.807, 2.05) is 0 Å². The highest BCUT2D eigenvalue weighted by molar-refractivity contribution is 7.12. The second kappa shape index (κ2) is 2.57. The van der Waals surface area contributed by atoms with Crippen LogP contribution in [0.4, 0.5) is 0 Å². The number of nitrogens with zero attached hydrogens (tertiary/aromatic N) is 1. The van der Waals surface area contributed by atoms with Crippen LogP contribution in [0.5, 0.6) is 0 Å². The lowest BCUT2D eigenvalue weighted by atomic mass is 10.3. The molecule has 0 amide bonds. The Hall–Kier alpha value is -0.870. The Morgan fingerprint density at radius 3 is 3.08 bits per heavy atom. The van der Waals surface area contributed by atoms with Crippen LogP contribution >= 0.6 is 23.1 Å². The molecule has 0 aliphatic heterocycles. The van der Waals surface area contributed by atoms with Crippen LogP contribution in [0.1, 0.15) is 17.4 Å². The lowest BCUT2D eigenvalue weighted by Crippen LogP contribution is -1.90. The molecule has 1 N–H and O–H groups in total. The van der Waals surface area contributed by atoms with Crippen molar-refractivity contribution in [1.29, 1.82) is 0 Å². The minimum absolute atomic E-state index is 0.00549. The number of aromatic amines is 1. The van der Waals surface area contributed by atoms with Gasteiger partial charge in [-0.3, -0.25) is 4.79 Å². The molecule has 12 heavy (non-hydrogen) atoms. The molecule has 0 aliphatic rings. The van der Waals surface area contributed by atoms with Gasteiger partial charge in [0.15, 0.2) is 11.4 Å². The van der Waals surface area contributed by atoms with Gasteiger partial charge in [0.1, 0.15) is 4.34 Å². The minimum atomic E-state index is -0.00549. The first-order valence-electron chi connectivity index (χ1n) is 3.33. The van der Waals surface area contributed by atoms with Crippen molar-refractivity contribution in [2.24, 2.45) is 0 Å². The summed E-state index contributed by atoms with van der Waals surface area (Å²) in [5, 5.41) is 0.826. The fraction of sp³-hybridized carbons (Fsp3) is 0.143. The number of carbonyl (C=O) groups is 1. The zero-order valence-electron chi connectivity index (χ0n) is 6.22. The zero-order valence-corrected chi connectivity index (χ0v) is 7.79. The molecule has 0 spiro atoms. The summed E-state index contributed by atoms with van der Waals surface area (Å²) in [6.45, 7) is 1.50. The molecule has 62 valence electrons. The number of halogens is 1. The van der Waals surface area contributed by atoms with E-state index in [2.05, 4.69) is 9.36 Å². The minimum Gasteiger partial charge on any atom is -0.336 e. The molecular formula is C7H5ClN2OS. The van der Waals surface area contributed by atoms with E-state index in [1.165, 1.54) is 18.5 Å². The van der Waals surface area contributed by atoms with Crippen LogP contribution < -0.4 is 0 Å². The third-order valence-electron chi connectivity index (χ3n) is 1.60. The number of Topliss-reactive ketones (excluding diaryl/α,β-unsaturated/α-hetero) is 1. The van der Waals surface area contributed by atoms with E-state index in [4.69, 9.17) is 11.6 Å². The van der Waals surface area contributed by atoms with Crippen LogP contribution in [-0.4, -0.2) is 15.1 Å². The molecule has 0 fully saturated rings. The van der Waals surface area contributed by atoms with Crippen molar-refractivity contribution in [3.05, 3.63) is 16.1 Å². The summed E-state index contributed by atoms with van der Waals surface area (Å²) in [4.78, 5) is 13.8. The van der Waals surface area contributed by atoms with E-state index >= 15 is 0 Å². The summed E-state index contributed by atoms with van der Waals surface area (Å²) in [6, 6.07) is 1.73. The Bertz CT molecular complexity index is 445. The van der Waals surface area contributed by atoms with Gasteiger partial charge < -0.3 is 4.98 Å². The Kier molecular flexibility index (Phi) is 1.66. The number of fused-ring (bicyclic) bond motifs is 1. The molecule has 5 heteroatoms. The largest absolute Gasteiger partial charge is 0.336 e. The first-order valence-corrected chi connectivity index (χ1v) is 4.48. The van der Waals surface area contributed by atoms with Gasteiger partial charge in [-0.15, -0.1) is 0 Å². The Morgan fingerprint density at radius 2 is 2.50 bits per heavy atom. The van der Waals surface area contributed by atoms with E-state index in [9.17, 15) is 4.79 Å². The molecule has 2 rings (SSSR count). The normalized spacial score (nSPS) is 10.8. The smallest absolute Gasteiger partial charge is 0.176 e. The van der Waals surface area contributed by atoms with Crippen molar-refractivity contribution >= 4 is 40.0 Å². The molecule has 2 heterocycles. The van der Waals surface area contributed by atoms with Crippen LogP contribution in [0.3, 0.4) is 0 Å². The van der Waals surface area contributed by atoms with E-state index < -0.39 is 0 Å². The summed E-state index contributed by atoms with van der Waals surface area (Å²) in [7, 11) is 0. The molecule has 0 aromatic carbocycles. The van der Waals surface area contributed by atoms with Gasteiger partial charge in [0.05, 0.1) is 11.1 Å². The monoisotopic (exact) mass is 200 g/mol. The van der Waals surface area contributed by atoms with Crippen molar-refractivity contribution < 1.29 is 4.79 Å². The van der Waals surface area contributed by atoms with Crippen molar-refractivity contribution in [2.45, 2.75) is 6.92 Å². The molecule has 3 nitrogen and oxygen atoms in total. The summed E-state index contributed by atoms with van der Waals surface area (Å²) in [5.41, 5.74) is 1.25. The number of aromatic nitrogens is 2. The lowest BCUT2D eigenvalue weighted by molar-refractivity contribution is 0.101. The third kappa shape index (κ3) is 1.04. The van der Waals surface area contributed by atoms with Gasteiger partial charge in [-0.25, -0.2) is 0 Å². The number of rotatable bonds is 1. The van der Waals surface area contributed by atoms with Gasteiger partial charge in [0.25, 0.3) is 0 Å². The SMILES string of the molecule is CC(=O)c1cc2c(Cl)snc2[nH]1. The summed E-state index contributed by atoms with van der Waals surface area (Å²) >= 11 is 7.03. The van der Waals surface area contributed by atoms with Crippen LogP contribution in [0.25, 0.3) is 11.0 Å². The second-order valence-electron chi connectivity index (χ2n) is 2.46. The predicted molar refractivity (Wildman–Crippen MR) is 49.0 cm³/mol. The van der Waals surface area contributed by atoms with E-state index in [1.54, 1.807) is 6.07 Å². The second-order valence-corrected chi connectivity index (χ2v) is 3.83. The van der Waals surface area contributed by atoms with Crippen LogP contribution in [0, 0.1) is 0 Å². The molecule has 2 aromatic rings. The number of nitrogens with one attached hydrogen (secondary N) is 1. The van der Waals surface area contributed by atoms with Crippen molar-refractivity contribution in [3.8, 4) is 0 Å². The Morgan fingerprint density at radius 1 is 1.75 bits per heavy atom. The highest BCUT2D eigenvalue weighted by Crippen LogP contribution is 2.27. The highest BCUT2D eigenvalue weighted by atomic mass is 35.5. The number of H-pyrrole nitrogens is 1. The maximum atomic E-state index is 10.9. The van der Waals surface area contributed by atoms with Crippen LogP contribution in [-0.2, 0) is 0 Å².